The minimum atomic E-state index is -3.78. The maximum absolute atomic E-state index is 13.3. The van der Waals surface area contributed by atoms with Crippen LogP contribution >= 0.6 is 19.0 Å². The van der Waals surface area contributed by atoms with E-state index in [9.17, 15) is 18.6 Å². The zero-order chi connectivity index (χ0) is 20.5. The summed E-state index contributed by atoms with van der Waals surface area (Å²) in [5, 5.41) is 1.17. The monoisotopic (exact) mass is 419 g/mol. The molecule has 3 aromatic rings. The Balaban J connectivity index is 1.94. The molecule has 2 aromatic carbocycles. The third-order valence-corrected chi connectivity index (χ3v) is 6.30. The zero-order valence-corrected chi connectivity index (χ0v) is 17.1. The van der Waals surface area contributed by atoms with Gasteiger partial charge in [0.2, 0.25) is 7.37 Å². The second kappa shape index (κ2) is 8.04. The number of benzene rings is 2. The number of rotatable bonds is 6. The summed E-state index contributed by atoms with van der Waals surface area (Å²) in [4.78, 5) is 23.2. The molecular formula is C21H20ClFNO3P. The van der Waals surface area contributed by atoms with Gasteiger partial charge in [-0.1, -0.05) is 35.9 Å². The molecule has 0 aliphatic heterocycles. The van der Waals surface area contributed by atoms with E-state index in [1.54, 1.807) is 47.2 Å². The molecule has 0 aliphatic rings. The average molecular weight is 420 g/mol. The molecule has 2 unspecified atom stereocenters. The van der Waals surface area contributed by atoms with Gasteiger partial charge in [0.05, 0.1) is 0 Å². The summed E-state index contributed by atoms with van der Waals surface area (Å²) >= 11 is 6.10. The van der Waals surface area contributed by atoms with Gasteiger partial charge in [-0.25, -0.2) is 4.39 Å². The van der Waals surface area contributed by atoms with Gasteiger partial charge in [-0.3, -0.25) is 9.36 Å². The van der Waals surface area contributed by atoms with Crippen LogP contribution in [0.1, 0.15) is 23.2 Å². The number of fused-ring (bicyclic) bond motifs is 1. The lowest BCUT2D eigenvalue weighted by molar-refractivity contribution is -0.118. The first-order valence-corrected chi connectivity index (χ1v) is 11.2. The molecule has 28 heavy (non-hydrogen) atoms. The Labute approximate surface area is 167 Å². The first-order chi connectivity index (χ1) is 13.2. The number of hydrogen-bond donors (Lipinski definition) is 1. The highest BCUT2D eigenvalue weighted by molar-refractivity contribution is 7.58. The van der Waals surface area contributed by atoms with Crippen LogP contribution in [0.15, 0.2) is 54.7 Å². The third-order valence-electron chi connectivity index (χ3n) is 4.54. The molecule has 0 amide bonds. The van der Waals surface area contributed by atoms with Crippen molar-refractivity contribution in [3.63, 3.8) is 0 Å². The fraction of sp³-hybridized carbons (Fsp3) is 0.190. The van der Waals surface area contributed by atoms with Crippen LogP contribution in [0.5, 0.6) is 0 Å². The Hall–Kier alpha value is -2.20. The molecular weight excluding hydrogens is 400 g/mol. The number of Topliss-reactive ketones (excluding diaryl/α,β-unsaturated/α-hetero) is 1. The second-order valence-corrected chi connectivity index (χ2v) is 9.67. The molecule has 0 radical (unpaired) electrons. The normalized spacial score (nSPS) is 15.0. The van der Waals surface area contributed by atoms with Crippen molar-refractivity contribution in [1.29, 1.82) is 0 Å². The zero-order valence-electron chi connectivity index (χ0n) is 15.5. The van der Waals surface area contributed by atoms with Gasteiger partial charge in [0.15, 0.2) is 5.78 Å². The van der Waals surface area contributed by atoms with Crippen molar-refractivity contribution < 1.29 is 18.6 Å². The minimum absolute atomic E-state index is 0.0451. The lowest BCUT2D eigenvalue weighted by atomic mass is 10.0. The number of carbonyl (C=O) groups is 1. The van der Waals surface area contributed by atoms with E-state index in [4.69, 9.17) is 11.6 Å². The van der Waals surface area contributed by atoms with Crippen molar-refractivity contribution in [3.8, 4) is 0 Å². The van der Waals surface area contributed by atoms with E-state index in [1.165, 1.54) is 18.8 Å². The molecule has 0 bridgehead atoms. The number of ketones is 1. The summed E-state index contributed by atoms with van der Waals surface area (Å²) in [5.41, 5.74) is 0.759. The van der Waals surface area contributed by atoms with Gasteiger partial charge in [0.1, 0.15) is 11.5 Å². The number of halogens is 2. The molecule has 7 heteroatoms. The van der Waals surface area contributed by atoms with Gasteiger partial charge in [-0.15, -0.1) is 0 Å². The van der Waals surface area contributed by atoms with Crippen molar-refractivity contribution in [2.24, 2.45) is 7.05 Å². The lowest BCUT2D eigenvalue weighted by Gasteiger charge is -2.18. The van der Waals surface area contributed by atoms with Crippen LogP contribution in [0.4, 0.5) is 4.39 Å². The van der Waals surface area contributed by atoms with Gasteiger partial charge in [-0.2, -0.15) is 0 Å². The van der Waals surface area contributed by atoms with E-state index in [0.717, 1.165) is 5.52 Å². The average Bonchev–Trinajstić information content (AvgIpc) is 2.89. The first kappa shape index (κ1) is 20.5. The minimum Gasteiger partial charge on any atom is -0.350 e. The highest BCUT2D eigenvalue weighted by Gasteiger charge is 2.35. The van der Waals surface area contributed by atoms with E-state index < -0.39 is 13.0 Å². The predicted octanol–water partition coefficient (Wildman–Crippen LogP) is 5.58. The SMILES string of the molecule is Cn1cc(C(C(=O)C/C=C/c2cccc(F)c2)P(C)(=O)O)c2cc(Cl)ccc21. The fourth-order valence-corrected chi connectivity index (χ4v) is 4.88. The van der Waals surface area contributed by atoms with E-state index in [-0.39, 0.29) is 18.0 Å². The number of carbonyl (C=O) groups excluding carboxylic acids is 1. The Morgan fingerprint density at radius 2 is 2.07 bits per heavy atom. The topological polar surface area (TPSA) is 59.3 Å². The standard InChI is InChI=1S/C21H20ClFNO3P/c1-24-13-18(17-12-15(22)9-10-19(17)24)21(28(2,26)27)20(25)8-4-6-14-5-3-7-16(23)11-14/h3-7,9-13,21H,8H2,1-2H3,(H,26,27)/b6-4+. The predicted molar refractivity (Wildman–Crippen MR) is 111 cm³/mol. The quantitative estimate of drug-likeness (QED) is 0.530. The molecule has 1 aromatic heterocycles. The van der Waals surface area contributed by atoms with E-state index in [2.05, 4.69) is 0 Å². The fourth-order valence-electron chi connectivity index (χ4n) is 3.34. The van der Waals surface area contributed by atoms with Crippen LogP contribution in [0.3, 0.4) is 0 Å². The Kier molecular flexibility index (Phi) is 5.90. The number of aromatic nitrogens is 1. The molecule has 146 valence electrons. The molecule has 3 rings (SSSR count). The number of allylic oxidation sites excluding steroid dienone is 1. The van der Waals surface area contributed by atoms with Crippen LogP contribution in [-0.2, 0) is 16.4 Å². The molecule has 0 saturated carbocycles. The molecule has 4 nitrogen and oxygen atoms in total. The smallest absolute Gasteiger partial charge is 0.212 e. The summed E-state index contributed by atoms with van der Waals surface area (Å²) in [7, 11) is -1.97. The van der Waals surface area contributed by atoms with Crippen molar-refractivity contribution in [2.45, 2.75) is 12.1 Å². The second-order valence-electron chi connectivity index (χ2n) is 6.83. The largest absolute Gasteiger partial charge is 0.350 e. The summed E-state index contributed by atoms with van der Waals surface area (Å²) in [6.07, 6.45) is 4.86. The molecule has 2 atom stereocenters. The highest BCUT2D eigenvalue weighted by atomic mass is 35.5. The molecule has 0 fully saturated rings. The number of hydrogen-bond acceptors (Lipinski definition) is 2. The molecule has 0 aliphatic carbocycles. The summed E-state index contributed by atoms with van der Waals surface area (Å²) in [5.74, 6) is -0.749. The maximum atomic E-state index is 13.3. The lowest BCUT2D eigenvalue weighted by Crippen LogP contribution is -2.12. The van der Waals surface area contributed by atoms with Gasteiger partial charge >= 0.3 is 0 Å². The van der Waals surface area contributed by atoms with Crippen molar-refractivity contribution in [3.05, 3.63) is 76.7 Å². The summed E-state index contributed by atoms with van der Waals surface area (Å²) in [6.45, 7) is 1.19. The molecule has 1 heterocycles. The molecule has 0 spiro atoms. The maximum Gasteiger partial charge on any atom is 0.212 e. The van der Waals surface area contributed by atoms with Crippen LogP contribution in [-0.4, -0.2) is 21.9 Å². The van der Waals surface area contributed by atoms with Crippen LogP contribution in [0, 0.1) is 5.82 Å². The van der Waals surface area contributed by atoms with Crippen molar-refractivity contribution >= 4 is 41.7 Å². The number of nitrogens with zero attached hydrogens (tertiary/aromatic N) is 1. The van der Waals surface area contributed by atoms with Gasteiger partial charge in [-0.05, 0) is 41.5 Å². The summed E-state index contributed by atoms with van der Waals surface area (Å²) < 4.78 is 27.7. The Morgan fingerprint density at radius 1 is 1.32 bits per heavy atom. The van der Waals surface area contributed by atoms with Gasteiger partial charge in [0, 0.05) is 42.3 Å². The highest BCUT2D eigenvalue weighted by Crippen LogP contribution is 2.55. The van der Waals surface area contributed by atoms with Crippen molar-refractivity contribution in [1.82, 2.24) is 4.57 Å². The van der Waals surface area contributed by atoms with Crippen LogP contribution in [0.25, 0.3) is 17.0 Å². The van der Waals surface area contributed by atoms with E-state index in [1.807, 2.05) is 13.1 Å². The van der Waals surface area contributed by atoms with Crippen molar-refractivity contribution in [2.75, 3.05) is 6.66 Å². The Bertz CT molecular complexity index is 1120. The van der Waals surface area contributed by atoms with Crippen LogP contribution in [0.2, 0.25) is 5.02 Å². The van der Waals surface area contributed by atoms with Crippen LogP contribution < -0.4 is 0 Å². The van der Waals surface area contributed by atoms with E-state index >= 15 is 0 Å². The molecule has 0 saturated heterocycles. The van der Waals surface area contributed by atoms with Gasteiger partial charge < -0.3 is 9.46 Å². The Morgan fingerprint density at radius 3 is 2.75 bits per heavy atom. The summed E-state index contributed by atoms with van der Waals surface area (Å²) in [6, 6.07) is 11.2. The van der Waals surface area contributed by atoms with Gasteiger partial charge in [0.25, 0.3) is 0 Å². The third kappa shape index (κ3) is 4.44. The number of aryl methyl sites for hydroxylation is 1. The molecule has 1 N–H and O–H groups in total. The first-order valence-electron chi connectivity index (χ1n) is 8.66. The van der Waals surface area contributed by atoms with E-state index in [0.29, 0.717) is 21.5 Å².